The summed E-state index contributed by atoms with van der Waals surface area (Å²) in [6, 6.07) is 3.39. The number of aliphatic carboxylic acids is 1. The number of amidine groups is 1. The Morgan fingerprint density at radius 1 is 1.36 bits per heavy atom. The molecule has 1 N–H and O–H groups in total. The molecule has 3 unspecified atom stereocenters. The number of Topliss-reactive ketones (excluding diaryl/α,β-unsaturated/α-hetero) is 1. The van der Waals surface area contributed by atoms with Crippen molar-refractivity contribution in [3.05, 3.63) is 23.9 Å². The van der Waals surface area contributed by atoms with E-state index in [1.54, 1.807) is 18.3 Å². The molecule has 0 spiro atoms. The first-order valence-electron chi connectivity index (χ1n) is 7.56. The first kappa shape index (κ1) is 14.7. The van der Waals surface area contributed by atoms with Crippen LogP contribution in [0.1, 0.15) is 37.0 Å². The van der Waals surface area contributed by atoms with E-state index in [1.165, 1.54) is 0 Å². The zero-order chi connectivity index (χ0) is 15.9. The van der Waals surface area contributed by atoms with Crippen LogP contribution in [0.5, 0.6) is 0 Å². The van der Waals surface area contributed by atoms with Gasteiger partial charge in [0.2, 0.25) is 0 Å². The molecule has 0 saturated carbocycles. The minimum Gasteiger partial charge on any atom is -0.480 e. The Bertz CT molecular complexity index is 656. The van der Waals surface area contributed by atoms with Gasteiger partial charge in [-0.3, -0.25) is 9.59 Å². The number of aromatic nitrogens is 1. The van der Waals surface area contributed by atoms with Crippen molar-refractivity contribution in [2.45, 2.75) is 32.7 Å². The molecule has 0 radical (unpaired) electrons. The topological polar surface area (TPSA) is 82.9 Å². The van der Waals surface area contributed by atoms with Crippen molar-refractivity contribution in [3.63, 3.8) is 0 Å². The van der Waals surface area contributed by atoms with Crippen LogP contribution in [-0.4, -0.2) is 45.2 Å². The van der Waals surface area contributed by atoms with Gasteiger partial charge in [0.05, 0.1) is 5.56 Å². The highest BCUT2D eigenvalue weighted by molar-refractivity contribution is 6.26. The Balaban J connectivity index is 2.08. The van der Waals surface area contributed by atoms with Crippen molar-refractivity contribution >= 4 is 23.4 Å². The molecule has 3 heterocycles. The minimum atomic E-state index is -1.23. The Morgan fingerprint density at radius 2 is 2.14 bits per heavy atom. The van der Waals surface area contributed by atoms with Gasteiger partial charge in [-0.1, -0.05) is 6.92 Å². The average Bonchev–Trinajstić information content (AvgIpc) is 2.49. The molecule has 3 rings (SSSR count). The van der Waals surface area contributed by atoms with E-state index in [0.717, 1.165) is 19.4 Å². The number of fused-ring (bicyclic) bond motifs is 1. The number of carbonyl (C=O) groups is 2. The Kier molecular flexibility index (Phi) is 3.68. The van der Waals surface area contributed by atoms with Gasteiger partial charge in [-0.25, -0.2) is 9.98 Å². The van der Waals surface area contributed by atoms with Gasteiger partial charge >= 0.3 is 5.97 Å². The van der Waals surface area contributed by atoms with E-state index in [-0.39, 0.29) is 11.6 Å². The molecule has 1 saturated heterocycles. The molecule has 116 valence electrons. The van der Waals surface area contributed by atoms with Crippen LogP contribution in [0, 0.1) is 11.8 Å². The van der Waals surface area contributed by atoms with Gasteiger partial charge in [-0.05, 0) is 37.8 Å². The molecule has 0 bridgehead atoms. The summed E-state index contributed by atoms with van der Waals surface area (Å²) >= 11 is 0. The second-order valence-corrected chi connectivity index (χ2v) is 6.16. The smallest absolute Gasteiger partial charge is 0.322 e. The molecule has 1 aromatic rings. The van der Waals surface area contributed by atoms with Crippen LogP contribution in [0.3, 0.4) is 0 Å². The van der Waals surface area contributed by atoms with Gasteiger partial charge in [0, 0.05) is 18.8 Å². The lowest BCUT2D eigenvalue weighted by atomic mass is 9.89. The first-order chi connectivity index (χ1) is 10.5. The second-order valence-electron chi connectivity index (χ2n) is 6.16. The standard InChI is InChI=1S/C16H19N3O3/c1-9-5-6-10(2)19(8-9)15-12(16(21)22)13(20)11-4-3-7-17-14(11)18-15/h3-4,7,9-10,12H,5-6,8H2,1-2H3,(H,21,22). The van der Waals surface area contributed by atoms with Crippen molar-refractivity contribution in [2.24, 2.45) is 16.8 Å². The molecule has 0 aromatic carbocycles. The summed E-state index contributed by atoms with van der Waals surface area (Å²) in [4.78, 5) is 34.8. The zero-order valence-electron chi connectivity index (χ0n) is 12.7. The van der Waals surface area contributed by atoms with Crippen LogP contribution < -0.4 is 0 Å². The van der Waals surface area contributed by atoms with E-state index >= 15 is 0 Å². The lowest BCUT2D eigenvalue weighted by Crippen LogP contribution is -2.51. The highest BCUT2D eigenvalue weighted by Crippen LogP contribution is 2.31. The van der Waals surface area contributed by atoms with Gasteiger partial charge in [-0.15, -0.1) is 0 Å². The molecule has 1 aromatic heterocycles. The third-order valence-corrected chi connectivity index (χ3v) is 4.45. The summed E-state index contributed by atoms with van der Waals surface area (Å²) in [6.45, 7) is 4.90. The fourth-order valence-corrected chi connectivity index (χ4v) is 3.18. The number of likely N-dealkylation sites (tertiary alicyclic amines) is 1. The fourth-order valence-electron chi connectivity index (χ4n) is 3.18. The SMILES string of the molecule is CC1CCC(C)N(C2=Nc3ncccc3C(=O)C2C(=O)O)C1. The number of aliphatic imine (C=N–C) groups is 1. The van der Waals surface area contributed by atoms with Crippen LogP contribution in [0.2, 0.25) is 0 Å². The van der Waals surface area contributed by atoms with E-state index in [9.17, 15) is 14.7 Å². The monoisotopic (exact) mass is 301 g/mol. The third kappa shape index (κ3) is 2.38. The molecule has 22 heavy (non-hydrogen) atoms. The second kappa shape index (κ2) is 5.51. The largest absolute Gasteiger partial charge is 0.480 e. The van der Waals surface area contributed by atoms with Crippen LogP contribution in [0.4, 0.5) is 5.82 Å². The van der Waals surface area contributed by atoms with Crippen molar-refractivity contribution in [2.75, 3.05) is 6.54 Å². The quantitative estimate of drug-likeness (QED) is 0.803. The molecule has 0 aliphatic carbocycles. The number of carboxylic acid groups (broad SMARTS) is 1. The lowest BCUT2D eigenvalue weighted by Gasteiger charge is -2.41. The maximum absolute atomic E-state index is 12.6. The van der Waals surface area contributed by atoms with Gasteiger partial charge in [-0.2, -0.15) is 0 Å². The van der Waals surface area contributed by atoms with Crippen molar-refractivity contribution in [1.29, 1.82) is 0 Å². The van der Waals surface area contributed by atoms with E-state index in [1.807, 2.05) is 11.8 Å². The highest BCUT2D eigenvalue weighted by Gasteiger charge is 2.42. The van der Waals surface area contributed by atoms with E-state index in [4.69, 9.17) is 0 Å². The molecule has 0 amide bonds. The Hall–Kier alpha value is -2.24. The number of carboxylic acids is 1. The average molecular weight is 301 g/mol. The predicted molar refractivity (Wildman–Crippen MR) is 81.4 cm³/mol. The number of nitrogens with zero attached hydrogens (tertiary/aromatic N) is 3. The Labute approximate surface area is 128 Å². The summed E-state index contributed by atoms with van der Waals surface area (Å²) < 4.78 is 0. The van der Waals surface area contributed by atoms with Crippen LogP contribution in [0.15, 0.2) is 23.3 Å². The van der Waals surface area contributed by atoms with Gasteiger partial charge in [0.15, 0.2) is 17.5 Å². The maximum Gasteiger partial charge on any atom is 0.322 e. The van der Waals surface area contributed by atoms with E-state index in [2.05, 4.69) is 16.9 Å². The first-order valence-corrected chi connectivity index (χ1v) is 7.56. The van der Waals surface area contributed by atoms with Crippen molar-refractivity contribution in [1.82, 2.24) is 9.88 Å². The summed E-state index contributed by atoms with van der Waals surface area (Å²) in [5, 5.41) is 9.54. The number of piperidine rings is 1. The normalized spacial score (nSPS) is 28.1. The molecule has 2 aliphatic rings. The number of hydrogen-bond acceptors (Lipinski definition) is 5. The molecule has 6 heteroatoms. The van der Waals surface area contributed by atoms with E-state index < -0.39 is 17.7 Å². The summed E-state index contributed by atoms with van der Waals surface area (Å²) in [5.74, 6) is -1.69. The minimum absolute atomic E-state index is 0.176. The number of hydrogen-bond donors (Lipinski definition) is 1. The lowest BCUT2D eigenvalue weighted by molar-refractivity contribution is -0.138. The molecule has 2 aliphatic heterocycles. The maximum atomic E-state index is 12.6. The number of ketones is 1. The molecule has 1 fully saturated rings. The van der Waals surface area contributed by atoms with Crippen molar-refractivity contribution in [3.8, 4) is 0 Å². The summed E-state index contributed by atoms with van der Waals surface area (Å²) in [7, 11) is 0. The van der Waals surface area contributed by atoms with Crippen LogP contribution in [-0.2, 0) is 4.79 Å². The Morgan fingerprint density at radius 3 is 2.86 bits per heavy atom. The summed E-state index contributed by atoms with van der Waals surface area (Å²) in [5.41, 5.74) is 0.288. The van der Waals surface area contributed by atoms with Crippen LogP contribution in [0.25, 0.3) is 0 Å². The number of rotatable bonds is 1. The van der Waals surface area contributed by atoms with Gasteiger partial charge in [0.25, 0.3) is 0 Å². The zero-order valence-corrected chi connectivity index (χ0v) is 12.7. The van der Waals surface area contributed by atoms with Crippen molar-refractivity contribution < 1.29 is 14.7 Å². The predicted octanol–water partition coefficient (Wildman–Crippen LogP) is 2.13. The fraction of sp³-hybridized carbons (Fsp3) is 0.500. The van der Waals surface area contributed by atoms with Gasteiger partial charge in [0.1, 0.15) is 5.84 Å². The van der Waals surface area contributed by atoms with Gasteiger partial charge < -0.3 is 10.0 Å². The number of pyridine rings is 1. The van der Waals surface area contributed by atoms with Crippen LogP contribution >= 0.6 is 0 Å². The number of carbonyl (C=O) groups excluding carboxylic acids is 1. The molecule has 3 atom stereocenters. The highest BCUT2D eigenvalue weighted by atomic mass is 16.4. The third-order valence-electron chi connectivity index (χ3n) is 4.45. The molecular weight excluding hydrogens is 282 g/mol. The van der Waals surface area contributed by atoms with E-state index in [0.29, 0.717) is 17.6 Å². The molecule has 6 nitrogen and oxygen atoms in total. The molecular formula is C16H19N3O3. The summed E-state index contributed by atoms with van der Waals surface area (Å²) in [6.07, 6.45) is 3.64.